The second-order valence-electron chi connectivity index (χ2n) is 14.4. The van der Waals surface area contributed by atoms with Crippen molar-refractivity contribution in [2.24, 2.45) is 23.7 Å². The number of amides is 4. The van der Waals surface area contributed by atoms with Gasteiger partial charge in [-0.1, -0.05) is 53.1 Å². The molecule has 3 fully saturated rings. The van der Waals surface area contributed by atoms with E-state index in [0.717, 1.165) is 9.91 Å². The fraction of sp³-hybridized carbons (Fsp3) is 0.262. The van der Waals surface area contributed by atoms with Crippen molar-refractivity contribution in [3.63, 3.8) is 0 Å². The molecule has 4 amide bonds. The number of ether oxygens (including phenoxy) is 3. The van der Waals surface area contributed by atoms with Gasteiger partial charge in [-0.2, -0.15) is 5.01 Å². The van der Waals surface area contributed by atoms with Crippen LogP contribution < -0.4 is 24.5 Å². The molecule has 3 N–H and O–H groups in total. The molecule has 2 aliphatic heterocycles. The molecule has 4 aromatic rings. The summed E-state index contributed by atoms with van der Waals surface area (Å²) in [6.07, 6.45) is 1.98. The van der Waals surface area contributed by atoms with Crippen LogP contribution in [0.2, 0.25) is 10.0 Å². The Hall–Kier alpha value is -6.05. The predicted octanol–water partition coefficient (Wildman–Crippen LogP) is 6.61. The Morgan fingerprint density at radius 1 is 0.842 bits per heavy atom. The normalized spacial score (nSPS) is 25.1. The first-order valence-corrected chi connectivity index (χ1v) is 18.7. The highest BCUT2D eigenvalue weighted by atomic mass is 35.5. The first kappa shape index (κ1) is 37.9. The number of hydrazine groups is 1. The van der Waals surface area contributed by atoms with Gasteiger partial charge in [-0.15, -0.1) is 0 Å². The zero-order chi connectivity index (χ0) is 40.5. The van der Waals surface area contributed by atoms with Crippen LogP contribution in [-0.4, -0.2) is 66.1 Å². The molecule has 0 spiro atoms. The molecule has 1 saturated carbocycles. The second-order valence-corrected chi connectivity index (χ2v) is 15.2. The molecule has 0 radical (unpaired) electrons. The number of nitrogens with zero attached hydrogens (tertiary/aromatic N) is 2. The average molecular weight is 813 g/mol. The zero-order valence-corrected chi connectivity index (χ0v) is 32.2. The molecular formula is C42H35Cl2N3O10. The Bertz CT molecular complexity index is 2390. The molecule has 2 aliphatic carbocycles. The van der Waals surface area contributed by atoms with Crippen molar-refractivity contribution < 1.29 is 48.4 Å². The Balaban J connectivity index is 1.35. The number of halogens is 2. The minimum atomic E-state index is -1.68. The van der Waals surface area contributed by atoms with Gasteiger partial charge in [0.2, 0.25) is 17.6 Å². The van der Waals surface area contributed by atoms with Crippen LogP contribution in [0, 0.1) is 23.7 Å². The number of carboxylic acid groups (broad SMARTS) is 1. The van der Waals surface area contributed by atoms with Crippen LogP contribution in [0.5, 0.6) is 23.0 Å². The van der Waals surface area contributed by atoms with Gasteiger partial charge in [0.25, 0.3) is 11.8 Å². The molecule has 0 bridgehead atoms. The van der Waals surface area contributed by atoms with E-state index in [2.05, 4.69) is 5.43 Å². The van der Waals surface area contributed by atoms with E-state index in [0.29, 0.717) is 27.5 Å². The molecule has 57 heavy (non-hydrogen) atoms. The second kappa shape index (κ2) is 14.2. The molecule has 15 heteroatoms. The van der Waals surface area contributed by atoms with Gasteiger partial charge in [0.1, 0.15) is 5.75 Å². The molecule has 2 saturated heterocycles. The van der Waals surface area contributed by atoms with Gasteiger partial charge in [-0.3, -0.25) is 29.5 Å². The van der Waals surface area contributed by atoms with Crippen molar-refractivity contribution in [3.8, 4) is 23.0 Å². The summed E-state index contributed by atoms with van der Waals surface area (Å²) in [5.74, 6) is -7.81. The van der Waals surface area contributed by atoms with E-state index in [1.165, 1.54) is 51.7 Å². The summed E-state index contributed by atoms with van der Waals surface area (Å²) in [7, 11) is 4.25. The maximum Gasteiger partial charge on any atom is 0.335 e. The number of carbonyl (C=O) groups excluding carboxylic acids is 4. The zero-order valence-electron chi connectivity index (χ0n) is 30.7. The molecule has 2 heterocycles. The van der Waals surface area contributed by atoms with Gasteiger partial charge in [-0.25, -0.2) is 4.79 Å². The SMILES string of the molecule is COc1ccc([C@@]23C(=O)N(Nc4ccc(Cl)cc4Cl)C(=O)[C@@H]2C[C@@H]2C(=CC[C@@H]4C(=O)N(c5cccc(C(=O)O)c5)C(=O)[C@@H]42)[C@@H]3c2cc(OC)c(O)c(OC)c2)cc1. The number of hydrogen-bond donors (Lipinski definition) is 3. The van der Waals surface area contributed by atoms with Crippen LogP contribution in [0.25, 0.3) is 0 Å². The van der Waals surface area contributed by atoms with E-state index in [-0.39, 0.29) is 52.1 Å². The highest BCUT2D eigenvalue weighted by Crippen LogP contribution is 2.65. The third-order valence-corrected chi connectivity index (χ3v) is 12.3. The number of anilines is 2. The summed E-state index contributed by atoms with van der Waals surface area (Å²) in [6.45, 7) is 0. The summed E-state index contributed by atoms with van der Waals surface area (Å²) in [6, 6.07) is 20.2. The summed E-state index contributed by atoms with van der Waals surface area (Å²) < 4.78 is 16.6. The maximum absolute atomic E-state index is 15.5. The van der Waals surface area contributed by atoms with Crippen molar-refractivity contribution in [2.45, 2.75) is 24.2 Å². The van der Waals surface area contributed by atoms with Crippen molar-refractivity contribution >= 4 is 64.2 Å². The maximum atomic E-state index is 15.5. The van der Waals surface area contributed by atoms with Crippen molar-refractivity contribution in [1.29, 1.82) is 0 Å². The number of carbonyl (C=O) groups is 5. The number of imide groups is 2. The number of fused-ring (bicyclic) bond motifs is 4. The van der Waals surface area contributed by atoms with Crippen LogP contribution in [0.15, 0.2) is 90.5 Å². The number of hydrogen-bond acceptors (Lipinski definition) is 10. The number of allylic oxidation sites excluding steroid dienone is 2. The topological polar surface area (TPSA) is 172 Å². The molecule has 8 rings (SSSR count). The number of nitrogens with one attached hydrogen (secondary N) is 1. The Labute approximate surface area is 336 Å². The average Bonchev–Trinajstić information content (AvgIpc) is 3.59. The third-order valence-electron chi connectivity index (χ3n) is 11.8. The fourth-order valence-corrected chi connectivity index (χ4v) is 9.78. The molecule has 0 aromatic heterocycles. The summed E-state index contributed by atoms with van der Waals surface area (Å²) in [5.41, 5.74) is 3.08. The lowest BCUT2D eigenvalue weighted by atomic mass is 9.49. The Kier molecular flexibility index (Phi) is 9.40. The summed E-state index contributed by atoms with van der Waals surface area (Å²) >= 11 is 12.7. The lowest BCUT2D eigenvalue weighted by Gasteiger charge is -2.50. The number of methoxy groups -OCH3 is 3. The van der Waals surface area contributed by atoms with Crippen LogP contribution in [-0.2, 0) is 24.6 Å². The smallest absolute Gasteiger partial charge is 0.335 e. The van der Waals surface area contributed by atoms with Gasteiger partial charge >= 0.3 is 5.97 Å². The molecule has 4 aromatic carbocycles. The summed E-state index contributed by atoms with van der Waals surface area (Å²) in [5, 5.41) is 22.2. The molecule has 4 aliphatic rings. The van der Waals surface area contributed by atoms with E-state index < -0.39 is 64.6 Å². The highest BCUT2D eigenvalue weighted by Gasteiger charge is 2.70. The lowest BCUT2D eigenvalue weighted by Crippen LogP contribution is -2.53. The largest absolute Gasteiger partial charge is 0.502 e. The predicted molar refractivity (Wildman–Crippen MR) is 208 cm³/mol. The third kappa shape index (κ3) is 5.70. The molecule has 292 valence electrons. The van der Waals surface area contributed by atoms with Crippen LogP contribution >= 0.6 is 23.2 Å². The number of benzene rings is 4. The first-order chi connectivity index (χ1) is 27.3. The lowest BCUT2D eigenvalue weighted by molar-refractivity contribution is -0.138. The van der Waals surface area contributed by atoms with E-state index >= 15 is 9.59 Å². The first-order valence-electron chi connectivity index (χ1n) is 18.0. The fourth-order valence-electron chi connectivity index (χ4n) is 9.33. The van der Waals surface area contributed by atoms with Crippen molar-refractivity contribution in [1.82, 2.24) is 5.01 Å². The van der Waals surface area contributed by atoms with Crippen molar-refractivity contribution in [3.05, 3.63) is 117 Å². The number of aromatic hydroxyl groups is 1. The van der Waals surface area contributed by atoms with Crippen molar-refractivity contribution in [2.75, 3.05) is 31.7 Å². The highest BCUT2D eigenvalue weighted by molar-refractivity contribution is 6.36. The molecule has 0 unspecified atom stereocenters. The van der Waals surface area contributed by atoms with Gasteiger partial charge in [0.05, 0.1) is 66.5 Å². The standard InChI is InChI=1S/C42H35Cl2N3O10/c1-55-25-10-7-22(8-11-25)42-29(38(50)47(41(42)54)45-31-14-9-23(43)18-30(31)44)19-28-26(35(42)21-16-32(56-2)36(48)33(17-21)57-3)12-13-27-34(28)39(51)46(37(27)49)24-6-4-5-20(15-24)40(52)53/h4-12,14-18,27-29,34-35,45,48H,13,19H2,1-3H3,(H,52,53)/t27-,28+,29-,34-,35-,42+/m0/s1. The quantitative estimate of drug-likeness (QED) is 0.123. The Morgan fingerprint density at radius 3 is 2.18 bits per heavy atom. The monoisotopic (exact) mass is 811 g/mol. The summed E-state index contributed by atoms with van der Waals surface area (Å²) in [4.78, 5) is 72.3. The minimum absolute atomic E-state index is 0.0129. The van der Waals surface area contributed by atoms with E-state index in [9.17, 15) is 24.6 Å². The van der Waals surface area contributed by atoms with Crippen LogP contribution in [0.3, 0.4) is 0 Å². The minimum Gasteiger partial charge on any atom is -0.502 e. The number of carboxylic acids is 1. The molecule has 6 atom stereocenters. The Morgan fingerprint density at radius 2 is 1.54 bits per heavy atom. The number of phenolic OH excluding ortho intramolecular Hbond substituents is 1. The van der Waals surface area contributed by atoms with Gasteiger partial charge < -0.3 is 24.4 Å². The van der Waals surface area contributed by atoms with Gasteiger partial charge in [-0.05, 0) is 90.6 Å². The van der Waals surface area contributed by atoms with E-state index in [4.69, 9.17) is 37.4 Å². The number of aromatic carboxylic acids is 1. The number of phenols is 1. The van der Waals surface area contributed by atoms with Gasteiger partial charge in [0, 0.05) is 10.9 Å². The van der Waals surface area contributed by atoms with Crippen LogP contribution in [0.4, 0.5) is 11.4 Å². The van der Waals surface area contributed by atoms with E-state index in [1.807, 2.05) is 6.08 Å². The number of rotatable bonds is 9. The van der Waals surface area contributed by atoms with Gasteiger partial charge in [0.15, 0.2) is 11.5 Å². The molecular weight excluding hydrogens is 777 g/mol. The molecule has 13 nitrogen and oxygen atoms in total. The van der Waals surface area contributed by atoms with E-state index in [1.54, 1.807) is 48.5 Å². The van der Waals surface area contributed by atoms with Crippen LogP contribution in [0.1, 0.15) is 40.2 Å².